The molecule has 114 valence electrons. The van der Waals surface area contributed by atoms with Crippen molar-refractivity contribution in [3.63, 3.8) is 0 Å². The van der Waals surface area contributed by atoms with Gasteiger partial charge in [-0.3, -0.25) is 4.68 Å². The average molecular weight is 389 g/mol. The van der Waals surface area contributed by atoms with Crippen LogP contribution in [0.2, 0.25) is 5.02 Å². The molecule has 0 radical (unpaired) electrons. The molecule has 0 aliphatic rings. The second kappa shape index (κ2) is 8.22. The first-order chi connectivity index (χ1) is 10.2. The Hall–Kier alpha value is -0.490. The van der Waals surface area contributed by atoms with Gasteiger partial charge in [0.15, 0.2) is 0 Å². The van der Waals surface area contributed by atoms with Crippen molar-refractivity contribution in [1.82, 2.24) is 15.1 Å². The highest BCUT2D eigenvalue weighted by Crippen LogP contribution is 2.32. The van der Waals surface area contributed by atoms with Crippen molar-refractivity contribution in [1.29, 1.82) is 0 Å². The van der Waals surface area contributed by atoms with E-state index in [1.54, 1.807) is 11.8 Å². The summed E-state index contributed by atoms with van der Waals surface area (Å²) in [6.07, 6.45) is 2.94. The summed E-state index contributed by atoms with van der Waals surface area (Å²) >= 11 is 11.6. The van der Waals surface area contributed by atoms with Crippen molar-refractivity contribution in [2.45, 2.75) is 30.8 Å². The van der Waals surface area contributed by atoms with Crippen molar-refractivity contribution in [3.8, 4) is 0 Å². The first kappa shape index (κ1) is 16.9. The largest absolute Gasteiger partial charge is 0.311 e. The zero-order valence-corrected chi connectivity index (χ0v) is 15.3. The standard InChI is InChI=1S/C15H19BrClN3S/c1-3-8-20-15(11(16)9-19-20)13(18-2)10-21-14-7-5-4-6-12(14)17/h4-7,9,13,18H,3,8,10H2,1-2H3. The Kier molecular flexibility index (Phi) is 6.61. The molecule has 21 heavy (non-hydrogen) atoms. The van der Waals surface area contributed by atoms with Crippen molar-refractivity contribution in [3.05, 3.63) is 45.7 Å². The first-order valence-electron chi connectivity index (χ1n) is 6.93. The molecule has 1 atom stereocenters. The predicted octanol–water partition coefficient (Wildman–Crippen LogP) is 4.76. The third-order valence-corrected chi connectivity index (χ3v) is 5.41. The SMILES string of the molecule is CCCn1ncc(Br)c1C(CSc1ccccc1Cl)NC. The van der Waals surface area contributed by atoms with Crippen LogP contribution in [0.3, 0.4) is 0 Å². The average Bonchev–Trinajstić information content (AvgIpc) is 2.84. The summed E-state index contributed by atoms with van der Waals surface area (Å²) in [6.45, 7) is 3.09. The van der Waals surface area contributed by atoms with Crippen LogP contribution in [0.4, 0.5) is 0 Å². The minimum atomic E-state index is 0.217. The van der Waals surface area contributed by atoms with E-state index in [0.717, 1.165) is 33.1 Å². The summed E-state index contributed by atoms with van der Waals surface area (Å²) in [6, 6.07) is 8.16. The minimum Gasteiger partial charge on any atom is -0.311 e. The highest BCUT2D eigenvalue weighted by Gasteiger charge is 2.19. The summed E-state index contributed by atoms with van der Waals surface area (Å²) in [5.41, 5.74) is 1.19. The summed E-state index contributed by atoms with van der Waals surface area (Å²) < 4.78 is 3.12. The number of aromatic nitrogens is 2. The predicted molar refractivity (Wildman–Crippen MR) is 94.2 cm³/mol. The third kappa shape index (κ3) is 4.25. The Labute approximate surface area is 143 Å². The fourth-order valence-electron chi connectivity index (χ4n) is 2.14. The van der Waals surface area contributed by atoms with Crippen LogP contribution in [0.5, 0.6) is 0 Å². The van der Waals surface area contributed by atoms with Crippen molar-refractivity contribution >= 4 is 39.3 Å². The fraction of sp³-hybridized carbons (Fsp3) is 0.400. The Morgan fingerprint density at radius 1 is 1.43 bits per heavy atom. The highest BCUT2D eigenvalue weighted by atomic mass is 79.9. The quantitative estimate of drug-likeness (QED) is 0.693. The molecule has 2 aromatic rings. The molecule has 0 amide bonds. The number of rotatable bonds is 7. The first-order valence-corrected chi connectivity index (χ1v) is 9.08. The van der Waals surface area contributed by atoms with Gasteiger partial charge < -0.3 is 5.32 Å². The van der Waals surface area contributed by atoms with E-state index in [2.05, 4.69) is 44.0 Å². The van der Waals surface area contributed by atoms with Gasteiger partial charge in [0, 0.05) is 17.2 Å². The third-order valence-electron chi connectivity index (χ3n) is 3.19. The number of aryl methyl sites for hydroxylation is 1. The molecule has 0 aliphatic heterocycles. The number of halogens is 2. The van der Waals surface area contributed by atoms with E-state index in [-0.39, 0.29) is 6.04 Å². The number of thioether (sulfide) groups is 1. The Morgan fingerprint density at radius 3 is 2.86 bits per heavy atom. The molecule has 0 bridgehead atoms. The number of nitrogens with one attached hydrogen (secondary N) is 1. The number of hydrogen-bond donors (Lipinski definition) is 1. The molecular formula is C15H19BrClN3S. The maximum atomic E-state index is 6.22. The van der Waals surface area contributed by atoms with Crippen molar-refractivity contribution in [2.24, 2.45) is 0 Å². The van der Waals surface area contributed by atoms with Crippen LogP contribution >= 0.6 is 39.3 Å². The molecule has 1 unspecified atom stereocenters. The van der Waals surface area contributed by atoms with Crippen LogP contribution in [0, 0.1) is 0 Å². The van der Waals surface area contributed by atoms with Crippen LogP contribution in [-0.4, -0.2) is 22.6 Å². The van der Waals surface area contributed by atoms with E-state index in [1.807, 2.05) is 31.4 Å². The summed E-state index contributed by atoms with van der Waals surface area (Å²) in [7, 11) is 1.98. The van der Waals surface area contributed by atoms with Gasteiger partial charge in [-0.25, -0.2) is 0 Å². The van der Waals surface area contributed by atoms with Gasteiger partial charge in [0.1, 0.15) is 0 Å². The highest BCUT2D eigenvalue weighted by molar-refractivity contribution is 9.10. The van der Waals surface area contributed by atoms with Gasteiger partial charge in [-0.05, 0) is 41.5 Å². The maximum Gasteiger partial charge on any atom is 0.0704 e. The molecule has 0 spiro atoms. The smallest absolute Gasteiger partial charge is 0.0704 e. The van der Waals surface area contributed by atoms with Gasteiger partial charge in [-0.1, -0.05) is 30.7 Å². The molecule has 1 heterocycles. The van der Waals surface area contributed by atoms with Gasteiger partial charge in [-0.15, -0.1) is 11.8 Å². The molecule has 1 aromatic carbocycles. The molecule has 2 rings (SSSR count). The Bertz CT molecular complexity index is 588. The van der Waals surface area contributed by atoms with E-state index in [9.17, 15) is 0 Å². The van der Waals surface area contributed by atoms with E-state index in [1.165, 1.54) is 5.69 Å². The molecule has 6 heteroatoms. The number of hydrogen-bond acceptors (Lipinski definition) is 3. The van der Waals surface area contributed by atoms with Crippen LogP contribution in [0.15, 0.2) is 39.8 Å². The van der Waals surface area contributed by atoms with Crippen LogP contribution in [0.1, 0.15) is 25.1 Å². The van der Waals surface area contributed by atoms with E-state index in [4.69, 9.17) is 11.6 Å². The molecule has 1 aromatic heterocycles. The van der Waals surface area contributed by atoms with Gasteiger partial charge in [0.2, 0.25) is 0 Å². The second-order valence-electron chi connectivity index (χ2n) is 4.68. The summed E-state index contributed by atoms with van der Waals surface area (Å²) in [4.78, 5) is 1.11. The van der Waals surface area contributed by atoms with Gasteiger partial charge >= 0.3 is 0 Å². The maximum absolute atomic E-state index is 6.22. The fourth-order valence-corrected chi connectivity index (χ4v) is 4.07. The Balaban J connectivity index is 2.13. The molecule has 0 saturated carbocycles. The lowest BCUT2D eigenvalue weighted by Crippen LogP contribution is -2.23. The number of nitrogens with zero attached hydrogens (tertiary/aromatic N) is 2. The zero-order valence-electron chi connectivity index (χ0n) is 12.1. The zero-order chi connectivity index (χ0) is 15.2. The van der Waals surface area contributed by atoms with E-state index in [0.29, 0.717) is 0 Å². The van der Waals surface area contributed by atoms with Gasteiger partial charge in [0.25, 0.3) is 0 Å². The van der Waals surface area contributed by atoms with Crippen LogP contribution in [0.25, 0.3) is 0 Å². The van der Waals surface area contributed by atoms with Crippen molar-refractivity contribution in [2.75, 3.05) is 12.8 Å². The lowest BCUT2D eigenvalue weighted by Gasteiger charge is -2.18. The van der Waals surface area contributed by atoms with Crippen LogP contribution in [-0.2, 0) is 6.54 Å². The summed E-state index contributed by atoms with van der Waals surface area (Å²) in [5.74, 6) is 0.897. The topological polar surface area (TPSA) is 29.9 Å². The Morgan fingerprint density at radius 2 is 2.19 bits per heavy atom. The molecule has 0 saturated heterocycles. The molecular weight excluding hydrogens is 370 g/mol. The van der Waals surface area contributed by atoms with Crippen molar-refractivity contribution < 1.29 is 0 Å². The second-order valence-corrected chi connectivity index (χ2v) is 7.01. The van der Waals surface area contributed by atoms with Crippen LogP contribution < -0.4 is 5.32 Å². The minimum absolute atomic E-state index is 0.217. The van der Waals surface area contributed by atoms with E-state index >= 15 is 0 Å². The molecule has 1 N–H and O–H groups in total. The van der Waals surface area contributed by atoms with Gasteiger partial charge in [0.05, 0.1) is 27.4 Å². The molecule has 0 fully saturated rings. The lowest BCUT2D eigenvalue weighted by molar-refractivity contribution is 0.523. The molecule has 0 aliphatic carbocycles. The normalized spacial score (nSPS) is 12.6. The monoisotopic (exact) mass is 387 g/mol. The number of benzene rings is 1. The lowest BCUT2D eigenvalue weighted by atomic mass is 10.2. The van der Waals surface area contributed by atoms with E-state index < -0.39 is 0 Å². The van der Waals surface area contributed by atoms with Gasteiger partial charge in [-0.2, -0.15) is 5.10 Å². The summed E-state index contributed by atoms with van der Waals surface area (Å²) in [5, 5.41) is 8.62. The molecule has 3 nitrogen and oxygen atoms in total.